The Kier molecular flexibility index (Phi) is 5.16. The molecule has 0 saturated carbocycles. The Morgan fingerprint density at radius 2 is 1.52 bits per heavy atom. The van der Waals surface area contributed by atoms with E-state index in [1.807, 2.05) is 60.7 Å². The number of nitrogens with one attached hydrogen (secondary N) is 1. The molecule has 6 nitrogen and oxygen atoms in total. The zero-order valence-electron chi connectivity index (χ0n) is 15.2. The number of benzene rings is 2. The molecule has 0 unspecified atom stereocenters. The molecular weight excluding hydrogens is 368 g/mol. The van der Waals surface area contributed by atoms with Crippen LogP contribution in [0.5, 0.6) is 0 Å². The molecule has 4 rings (SSSR count). The smallest absolute Gasteiger partial charge is 0.338 e. The first kappa shape index (κ1) is 18.2. The number of nitrogens with zero attached hydrogens (tertiary/aromatic N) is 1. The summed E-state index contributed by atoms with van der Waals surface area (Å²) < 4.78 is 4.92. The molecule has 6 heteroatoms. The van der Waals surface area contributed by atoms with Crippen LogP contribution in [-0.2, 0) is 9.63 Å². The number of hydrogen-bond donors (Lipinski definition) is 1. The predicted molar refractivity (Wildman–Crippen MR) is 110 cm³/mol. The second-order valence-electron chi connectivity index (χ2n) is 6.16. The molecule has 0 atom stereocenters. The van der Waals surface area contributed by atoms with Gasteiger partial charge >= 0.3 is 11.6 Å². The lowest BCUT2D eigenvalue weighted by molar-refractivity contribution is -0.136. The van der Waals surface area contributed by atoms with Gasteiger partial charge in [0.05, 0.1) is 16.8 Å². The SMILES string of the molecule is O=C1ON=C(c2ccccc2)\C1=C/C=C\C=C/c1c(-c2ccccc2)[nH]oc1=O. The van der Waals surface area contributed by atoms with Gasteiger partial charge in [0.1, 0.15) is 5.71 Å². The van der Waals surface area contributed by atoms with Gasteiger partial charge in [-0.1, -0.05) is 84.0 Å². The number of aromatic nitrogens is 1. The molecule has 29 heavy (non-hydrogen) atoms. The lowest BCUT2D eigenvalue weighted by Gasteiger charge is -1.98. The van der Waals surface area contributed by atoms with Gasteiger partial charge in [-0.25, -0.2) is 14.7 Å². The molecule has 0 bridgehead atoms. The van der Waals surface area contributed by atoms with Gasteiger partial charge in [-0.15, -0.1) is 0 Å². The van der Waals surface area contributed by atoms with Crippen molar-refractivity contribution in [2.24, 2.45) is 5.16 Å². The normalized spacial score (nSPS) is 15.4. The molecule has 2 aromatic carbocycles. The maximum atomic E-state index is 12.0. The third-order valence-electron chi connectivity index (χ3n) is 4.29. The van der Waals surface area contributed by atoms with Crippen LogP contribution in [0.25, 0.3) is 17.3 Å². The highest BCUT2D eigenvalue weighted by molar-refractivity contribution is 6.28. The minimum Gasteiger partial charge on any atom is -0.338 e. The fraction of sp³-hybridized carbons (Fsp3) is 0. The zero-order valence-corrected chi connectivity index (χ0v) is 15.2. The van der Waals surface area contributed by atoms with Crippen molar-refractivity contribution >= 4 is 17.8 Å². The fourth-order valence-corrected chi connectivity index (χ4v) is 2.88. The Morgan fingerprint density at radius 3 is 2.24 bits per heavy atom. The van der Waals surface area contributed by atoms with Crippen LogP contribution < -0.4 is 5.63 Å². The van der Waals surface area contributed by atoms with Crippen LogP contribution >= 0.6 is 0 Å². The topological polar surface area (TPSA) is 84.7 Å². The minimum atomic E-state index is -0.505. The third-order valence-corrected chi connectivity index (χ3v) is 4.29. The van der Waals surface area contributed by atoms with Crippen molar-refractivity contribution in [3.63, 3.8) is 0 Å². The monoisotopic (exact) mass is 384 g/mol. The zero-order chi connectivity index (χ0) is 20.1. The molecule has 0 radical (unpaired) electrons. The fourth-order valence-electron chi connectivity index (χ4n) is 2.88. The molecule has 0 spiro atoms. The molecular formula is C23H16N2O4. The van der Waals surface area contributed by atoms with Gasteiger partial charge in [0.15, 0.2) is 0 Å². The van der Waals surface area contributed by atoms with Crippen LogP contribution in [0, 0.1) is 0 Å². The lowest BCUT2D eigenvalue weighted by atomic mass is 10.0. The van der Waals surface area contributed by atoms with E-state index in [0.29, 0.717) is 22.5 Å². The number of aromatic amines is 1. The average Bonchev–Trinajstić information content (AvgIpc) is 3.32. The Hall–Kier alpha value is -4.19. The van der Waals surface area contributed by atoms with Gasteiger partial charge in [-0.2, -0.15) is 0 Å². The van der Waals surface area contributed by atoms with E-state index in [2.05, 4.69) is 10.3 Å². The van der Waals surface area contributed by atoms with E-state index in [1.54, 1.807) is 30.4 Å². The Bertz CT molecular complexity index is 1200. The Morgan fingerprint density at radius 1 is 0.828 bits per heavy atom. The predicted octanol–water partition coefficient (Wildman–Crippen LogP) is 4.09. The van der Waals surface area contributed by atoms with Crippen molar-refractivity contribution in [1.29, 1.82) is 0 Å². The Labute approximate surface area is 166 Å². The summed E-state index contributed by atoms with van der Waals surface area (Å²) in [7, 11) is 0. The van der Waals surface area contributed by atoms with Crippen molar-refractivity contribution in [2.75, 3.05) is 0 Å². The number of carbonyl (C=O) groups excluding carboxylic acids is 1. The standard InChI is InChI=1S/C23H16N2O4/c26-22-18(20(24-28-22)16-10-4-1-5-11-16)14-8-3-9-15-19-21(25-29-23(19)27)17-12-6-2-7-13-17/h1-15,24H/b9-3-,14-8-,19-15+. The van der Waals surface area contributed by atoms with E-state index in [-0.39, 0.29) is 0 Å². The molecule has 0 aliphatic carbocycles. The quantitative estimate of drug-likeness (QED) is 0.408. The van der Waals surface area contributed by atoms with Crippen molar-refractivity contribution in [2.45, 2.75) is 0 Å². The number of carbonyl (C=O) groups is 1. The average molecular weight is 384 g/mol. The van der Waals surface area contributed by atoms with Gasteiger partial charge in [0, 0.05) is 11.1 Å². The summed E-state index contributed by atoms with van der Waals surface area (Å²) in [6, 6.07) is 18.8. The highest BCUT2D eigenvalue weighted by atomic mass is 16.7. The maximum Gasteiger partial charge on any atom is 0.368 e. The summed E-state index contributed by atoms with van der Waals surface area (Å²) in [4.78, 5) is 28.7. The minimum absolute atomic E-state index is 0.368. The van der Waals surface area contributed by atoms with E-state index in [4.69, 9.17) is 9.36 Å². The van der Waals surface area contributed by atoms with Gasteiger partial charge in [-0.3, -0.25) is 0 Å². The van der Waals surface area contributed by atoms with E-state index in [9.17, 15) is 9.59 Å². The maximum absolute atomic E-state index is 12.0. The molecule has 0 amide bonds. The van der Waals surface area contributed by atoms with Gasteiger partial charge < -0.3 is 9.36 Å². The van der Waals surface area contributed by atoms with Crippen molar-refractivity contribution in [1.82, 2.24) is 5.16 Å². The highest BCUT2D eigenvalue weighted by Gasteiger charge is 2.25. The highest BCUT2D eigenvalue weighted by Crippen LogP contribution is 2.20. The second-order valence-corrected chi connectivity index (χ2v) is 6.16. The van der Waals surface area contributed by atoms with E-state index >= 15 is 0 Å². The second kappa shape index (κ2) is 8.22. The van der Waals surface area contributed by atoms with Gasteiger partial charge in [0.2, 0.25) is 0 Å². The molecule has 2 heterocycles. The van der Waals surface area contributed by atoms with E-state index in [1.165, 1.54) is 0 Å². The molecule has 1 aromatic heterocycles. The van der Waals surface area contributed by atoms with E-state index in [0.717, 1.165) is 11.1 Å². The number of oxime groups is 1. The largest absolute Gasteiger partial charge is 0.368 e. The summed E-state index contributed by atoms with van der Waals surface area (Å²) >= 11 is 0. The van der Waals surface area contributed by atoms with Crippen molar-refractivity contribution in [3.8, 4) is 11.3 Å². The van der Waals surface area contributed by atoms with Crippen LogP contribution in [0.3, 0.4) is 0 Å². The first-order valence-corrected chi connectivity index (χ1v) is 8.91. The number of hydrogen-bond acceptors (Lipinski definition) is 5. The molecule has 0 fully saturated rings. The van der Waals surface area contributed by atoms with Crippen LogP contribution in [0.15, 0.2) is 105 Å². The lowest BCUT2D eigenvalue weighted by Crippen LogP contribution is -2.06. The van der Waals surface area contributed by atoms with Crippen molar-refractivity contribution < 1.29 is 14.2 Å². The molecule has 1 N–H and O–H groups in total. The molecule has 142 valence electrons. The van der Waals surface area contributed by atoms with Gasteiger partial charge in [-0.05, 0) is 12.2 Å². The molecule has 3 aromatic rings. The van der Waals surface area contributed by atoms with Crippen LogP contribution in [0.2, 0.25) is 0 Å². The first-order valence-electron chi connectivity index (χ1n) is 8.91. The van der Waals surface area contributed by atoms with E-state index < -0.39 is 11.6 Å². The summed E-state index contributed by atoms with van der Waals surface area (Å²) in [5, 5.41) is 6.51. The summed E-state index contributed by atoms with van der Waals surface area (Å²) in [6.07, 6.45) is 8.38. The summed E-state index contributed by atoms with van der Waals surface area (Å²) in [5.74, 6) is -0.505. The number of allylic oxidation sites excluding steroid dienone is 4. The van der Waals surface area contributed by atoms with Gasteiger partial charge in [0.25, 0.3) is 0 Å². The number of H-pyrrole nitrogens is 1. The third kappa shape index (κ3) is 3.91. The summed E-state index contributed by atoms with van der Waals surface area (Å²) in [5.41, 5.74) is 3.07. The molecule has 1 aliphatic heterocycles. The van der Waals surface area contributed by atoms with Crippen LogP contribution in [0.1, 0.15) is 11.1 Å². The van der Waals surface area contributed by atoms with Crippen molar-refractivity contribution in [3.05, 3.63) is 112 Å². The summed E-state index contributed by atoms with van der Waals surface area (Å²) in [6.45, 7) is 0. The first-order chi connectivity index (χ1) is 14.2. The Balaban J connectivity index is 1.53. The van der Waals surface area contributed by atoms with Crippen LogP contribution in [-0.4, -0.2) is 16.8 Å². The van der Waals surface area contributed by atoms with Crippen LogP contribution in [0.4, 0.5) is 0 Å². The molecule has 0 saturated heterocycles. The molecule has 1 aliphatic rings. The number of rotatable bonds is 5.